The standard InChI is InChI=1S/C19H20O2/c1-14-8-9-18-16(12-14)17(20)13-19(2,21-18)11-10-15-6-4-3-5-7-15/h3-9,12H,10-11,13H2,1-2H3. The molecule has 3 rings (SSSR count). The third-order valence-corrected chi connectivity index (χ3v) is 4.11. The Bertz CT molecular complexity index is 661. The maximum atomic E-state index is 12.4. The second kappa shape index (κ2) is 5.36. The maximum Gasteiger partial charge on any atom is 0.170 e. The first kappa shape index (κ1) is 13.9. The van der Waals surface area contributed by atoms with E-state index in [2.05, 4.69) is 12.1 Å². The van der Waals surface area contributed by atoms with Gasteiger partial charge in [0, 0.05) is 0 Å². The third kappa shape index (κ3) is 2.99. The molecule has 0 saturated heterocycles. The number of benzene rings is 2. The van der Waals surface area contributed by atoms with Gasteiger partial charge in [0.1, 0.15) is 11.4 Å². The molecule has 1 heterocycles. The Labute approximate surface area is 125 Å². The second-order valence-corrected chi connectivity index (χ2v) is 6.14. The fourth-order valence-electron chi connectivity index (χ4n) is 2.88. The van der Waals surface area contributed by atoms with Crippen molar-refractivity contribution in [2.75, 3.05) is 0 Å². The highest BCUT2D eigenvalue weighted by molar-refractivity contribution is 6.00. The van der Waals surface area contributed by atoms with Gasteiger partial charge >= 0.3 is 0 Å². The Morgan fingerprint density at radius 1 is 1.14 bits per heavy atom. The van der Waals surface area contributed by atoms with Gasteiger partial charge < -0.3 is 4.74 Å². The molecule has 2 aromatic carbocycles. The summed E-state index contributed by atoms with van der Waals surface area (Å²) in [4.78, 5) is 12.4. The number of carbonyl (C=O) groups excluding carboxylic acids is 1. The summed E-state index contributed by atoms with van der Waals surface area (Å²) in [5, 5.41) is 0. The highest BCUT2D eigenvalue weighted by Crippen LogP contribution is 2.36. The minimum absolute atomic E-state index is 0.190. The van der Waals surface area contributed by atoms with Crippen molar-refractivity contribution in [1.29, 1.82) is 0 Å². The number of carbonyl (C=O) groups is 1. The molecule has 0 bridgehead atoms. The van der Waals surface area contributed by atoms with Crippen molar-refractivity contribution in [2.24, 2.45) is 0 Å². The van der Waals surface area contributed by atoms with Crippen molar-refractivity contribution in [3.63, 3.8) is 0 Å². The van der Waals surface area contributed by atoms with Crippen LogP contribution in [-0.2, 0) is 6.42 Å². The van der Waals surface area contributed by atoms with Gasteiger partial charge in [0.2, 0.25) is 0 Å². The fraction of sp³-hybridized carbons (Fsp3) is 0.316. The maximum absolute atomic E-state index is 12.4. The van der Waals surface area contributed by atoms with Crippen LogP contribution in [-0.4, -0.2) is 11.4 Å². The lowest BCUT2D eigenvalue weighted by molar-refractivity contribution is 0.0471. The molecule has 1 aliphatic rings. The summed E-state index contributed by atoms with van der Waals surface area (Å²) in [6.07, 6.45) is 2.22. The van der Waals surface area contributed by atoms with Gasteiger partial charge in [-0.15, -0.1) is 0 Å². The summed E-state index contributed by atoms with van der Waals surface area (Å²) in [7, 11) is 0. The SMILES string of the molecule is Cc1ccc2c(c1)C(=O)CC(C)(CCc1ccccc1)O2. The number of hydrogen-bond donors (Lipinski definition) is 0. The summed E-state index contributed by atoms with van der Waals surface area (Å²) in [6.45, 7) is 4.04. The van der Waals surface area contributed by atoms with Gasteiger partial charge in [-0.1, -0.05) is 42.0 Å². The Kier molecular flexibility index (Phi) is 3.54. The van der Waals surface area contributed by atoms with E-state index in [9.17, 15) is 4.79 Å². The molecule has 1 unspecified atom stereocenters. The monoisotopic (exact) mass is 280 g/mol. The van der Waals surface area contributed by atoms with Crippen LogP contribution in [0, 0.1) is 6.92 Å². The highest BCUT2D eigenvalue weighted by Gasteiger charge is 2.36. The van der Waals surface area contributed by atoms with E-state index < -0.39 is 5.60 Å². The van der Waals surface area contributed by atoms with Crippen LogP contribution < -0.4 is 4.74 Å². The summed E-state index contributed by atoms with van der Waals surface area (Å²) in [6, 6.07) is 16.2. The van der Waals surface area contributed by atoms with E-state index in [1.165, 1.54) is 5.56 Å². The molecule has 21 heavy (non-hydrogen) atoms. The van der Waals surface area contributed by atoms with Gasteiger partial charge in [-0.25, -0.2) is 0 Å². The van der Waals surface area contributed by atoms with Crippen LogP contribution in [0.25, 0.3) is 0 Å². The molecule has 1 atom stereocenters. The molecule has 2 nitrogen and oxygen atoms in total. The Morgan fingerprint density at radius 2 is 1.90 bits per heavy atom. The van der Waals surface area contributed by atoms with E-state index in [4.69, 9.17) is 4.74 Å². The predicted octanol–water partition coefficient (Wildman–Crippen LogP) is 4.35. The molecule has 0 spiro atoms. The number of Topliss-reactive ketones (excluding diaryl/α,β-unsaturated/α-hetero) is 1. The van der Waals surface area contributed by atoms with Gasteiger partial charge in [0.15, 0.2) is 5.78 Å². The Morgan fingerprint density at radius 3 is 2.67 bits per heavy atom. The van der Waals surface area contributed by atoms with Crippen molar-refractivity contribution in [2.45, 2.75) is 38.7 Å². The van der Waals surface area contributed by atoms with Crippen LogP contribution in [0.3, 0.4) is 0 Å². The average molecular weight is 280 g/mol. The zero-order valence-electron chi connectivity index (χ0n) is 12.6. The molecule has 0 aromatic heterocycles. The van der Waals surface area contributed by atoms with Crippen molar-refractivity contribution < 1.29 is 9.53 Å². The first-order chi connectivity index (χ1) is 10.1. The minimum Gasteiger partial charge on any atom is -0.486 e. The topological polar surface area (TPSA) is 26.3 Å². The molecule has 0 N–H and O–H groups in total. The average Bonchev–Trinajstić information content (AvgIpc) is 2.47. The molecule has 0 fully saturated rings. The second-order valence-electron chi connectivity index (χ2n) is 6.14. The summed E-state index contributed by atoms with van der Waals surface area (Å²) < 4.78 is 6.15. The van der Waals surface area contributed by atoms with Crippen LogP contribution in [0.4, 0.5) is 0 Å². The molecule has 0 radical (unpaired) electrons. The molecule has 0 aliphatic carbocycles. The van der Waals surface area contributed by atoms with Gasteiger partial charge in [-0.05, 0) is 44.4 Å². The van der Waals surface area contributed by atoms with Crippen LogP contribution in [0.5, 0.6) is 5.75 Å². The van der Waals surface area contributed by atoms with Crippen molar-refractivity contribution in [1.82, 2.24) is 0 Å². The Balaban J connectivity index is 1.77. The van der Waals surface area contributed by atoms with Crippen molar-refractivity contribution in [3.8, 4) is 5.75 Å². The smallest absolute Gasteiger partial charge is 0.170 e. The van der Waals surface area contributed by atoms with E-state index in [0.717, 1.165) is 29.7 Å². The van der Waals surface area contributed by atoms with Crippen LogP contribution in [0.1, 0.15) is 41.3 Å². The molecule has 1 aliphatic heterocycles. The molecule has 2 heteroatoms. The number of ether oxygens (including phenoxy) is 1. The van der Waals surface area contributed by atoms with Gasteiger partial charge in [0.05, 0.1) is 12.0 Å². The lowest BCUT2D eigenvalue weighted by atomic mass is 9.86. The van der Waals surface area contributed by atoms with Crippen molar-refractivity contribution >= 4 is 5.78 Å². The fourth-order valence-corrected chi connectivity index (χ4v) is 2.88. The number of ketones is 1. The van der Waals surface area contributed by atoms with Gasteiger partial charge in [-0.3, -0.25) is 4.79 Å². The van der Waals surface area contributed by atoms with Gasteiger partial charge in [0.25, 0.3) is 0 Å². The highest BCUT2D eigenvalue weighted by atomic mass is 16.5. The Hall–Kier alpha value is -2.09. The van der Waals surface area contributed by atoms with E-state index >= 15 is 0 Å². The molecular weight excluding hydrogens is 260 g/mol. The van der Waals surface area contributed by atoms with Crippen LogP contribution in [0.2, 0.25) is 0 Å². The largest absolute Gasteiger partial charge is 0.486 e. The van der Waals surface area contributed by atoms with E-state index in [-0.39, 0.29) is 5.78 Å². The molecule has 2 aromatic rings. The number of aryl methyl sites for hydroxylation is 2. The van der Waals surface area contributed by atoms with E-state index in [1.807, 2.05) is 50.2 Å². The zero-order valence-corrected chi connectivity index (χ0v) is 12.6. The number of hydrogen-bond acceptors (Lipinski definition) is 2. The molecule has 0 amide bonds. The van der Waals surface area contributed by atoms with Crippen molar-refractivity contribution in [3.05, 3.63) is 65.2 Å². The number of fused-ring (bicyclic) bond motifs is 1. The predicted molar refractivity (Wildman–Crippen MR) is 83.9 cm³/mol. The zero-order chi connectivity index (χ0) is 14.9. The molecule has 108 valence electrons. The van der Waals surface area contributed by atoms with Crippen LogP contribution in [0.15, 0.2) is 48.5 Å². The lowest BCUT2D eigenvalue weighted by Crippen LogP contribution is -2.39. The summed E-state index contributed by atoms with van der Waals surface area (Å²) >= 11 is 0. The molecule has 0 saturated carbocycles. The first-order valence-corrected chi connectivity index (χ1v) is 7.43. The first-order valence-electron chi connectivity index (χ1n) is 7.43. The lowest BCUT2D eigenvalue weighted by Gasteiger charge is -2.35. The number of rotatable bonds is 3. The van der Waals surface area contributed by atoms with E-state index in [0.29, 0.717) is 6.42 Å². The summed E-state index contributed by atoms with van der Waals surface area (Å²) in [5.41, 5.74) is 2.70. The molecular formula is C19H20O2. The van der Waals surface area contributed by atoms with Gasteiger partial charge in [-0.2, -0.15) is 0 Å². The quantitative estimate of drug-likeness (QED) is 0.835. The van der Waals surface area contributed by atoms with E-state index in [1.54, 1.807) is 0 Å². The van der Waals surface area contributed by atoms with Crippen LogP contribution >= 0.6 is 0 Å². The summed E-state index contributed by atoms with van der Waals surface area (Å²) in [5.74, 6) is 0.919. The third-order valence-electron chi connectivity index (χ3n) is 4.11. The normalized spacial score (nSPS) is 20.8. The minimum atomic E-state index is -0.408.